The molecule has 0 saturated carbocycles. The third kappa shape index (κ3) is 3.63. The molecule has 1 aliphatic heterocycles. The molecule has 2 aromatic rings. The van der Waals surface area contributed by atoms with Crippen LogP contribution in [-0.4, -0.2) is 60.9 Å². The molecule has 1 aromatic heterocycles. The molecule has 132 valence electrons. The first kappa shape index (κ1) is 17.3. The SMILES string of the molecule is COc1ncnc(C)c1-c1ccc(C(=O)N2CCS(=O)(=O)CC2)cc1. The Bertz CT molecular complexity index is 881. The average Bonchev–Trinajstić information content (AvgIpc) is 2.61. The molecule has 3 rings (SSSR count). The third-order valence-corrected chi connectivity index (χ3v) is 5.86. The highest BCUT2D eigenvalue weighted by Crippen LogP contribution is 2.30. The van der Waals surface area contributed by atoms with Crippen molar-refractivity contribution in [1.29, 1.82) is 0 Å². The number of carbonyl (C=O) groups is 1. The van der Waals surface area contributed by atoms with Crippen LogP contribution >= 0.6 is 0 Å². The van der Waals surface area contributed by atoms with Crippen molar-refractivity contribution in [2.45, 2.75) is 6.92 Å². The van der Waals surface area contributed by atoms with Crippen LogP contribution in [0.25, 0.3) is 11.1 Å². The first-order valence-corrected chi connectivity index (χ1v) is 9.69. The first-order chi connectivity index (χ1) is 11.9. The van der Waals surface area contributed by atoms with Crippen molar-refractivity contribution in [3.8, 4) is 17.0 Å². The second-order valence-electron chi connectivity index (χ2n) is 5.86. The number of hydrogen-bond donors (Lipinski definition) is 0. The van der Waals surface area contributed by atoms with Crippen molar-refractivity contribution in [3.05, 3.63) is 41.9 Å². The summed E-state index contributed by atoms with van der Waals surface area (Å²) < 4.78 is 28.3. The van der Waals surface area contributed by atoms with E-state index in [2.05, 4.69) is 9.97 Å². The predicted octanol–water partition coefficient (Wildman–Crippen LogP) is 1.33. The molecule has 0 radical (unpaired) electrons. The minimum atomic E-state index is -3.01. The standard InChI is InChI=1S/C17H19N3O4S/c1-12-15(16(24-2)19-11-18-12)13-3-5-14(6-4-13)17(21)20-7-9-25(22,23)10-8-20/h3-6,11H,7-10H2,1-2H3. The number of carbonyl (C=O) groups excluding carboxylic acids is 1. The maximum Gasteiger partial charge on any atom is 0.253 e. The molecule has 0 N–H and O–H groups in total. The van der Waals surface area contributed by atoms with Crippen LogP contribution in [0.1, 0.15) is 16.1 Å². The van der Waals surface area contributed by atoms with Gasteiger partial charge in [0.15, 0.2) is 9.84 Å². The van der Waals surface area contributed by atoms with E-state index in [-0.39, 0.29) is 30.5 Å². The Morgan fingerprint density at radius 1 is 1.12 bits per heavy atom. The highest BCUT2D eigenvalue weighted by Gasteiger charge is 2.25. The summed E-state index contributed by atoms with van der Waals surface area (Å²) in [6.45, 7) is 2.34. The summed E-state index contributed by atoms with van der Waals surface area (Å²) in [6.07, 6.45) is 1.44. The molecule has 7 nitrogen and oxygen atoms in total. The number of amides is 1. The summed E-state index contributed by atoms with van der Waals surface area (Å²) in [5, 5.41) is 0. The van der Waals surface area contributed by atoms with E-state index in [1.807, 2.05) is 19.1 Å². The fraction of sp³-hybridized carbons (Fsp3) is 0.353. The average molecular weight is 361 g/mol. The van der Waals surface area contributed by atoms with E-state index in [0.717, 1.165) is 16.8 Å². The van der Waals surface area contributed by atoms with Crippen molar-refractivity contribution in [2.24, 2.45) is 0 Å². The minimum absolute atomic E-state index is 0.0224. The summed E-state index contributed by atoms with van der Waals surface area (Å²) in [6, 6.07) is 7.10. The molecule has 0 spiro atoms. The van der Waals surface area contributed by atoms with Gasteiger partial charge in [0.2, 0.25) is 5.88 Å². The lowest BCUT2D eigenvalue weighted by molar-refractivity contribution is 0.0770. The molecule has 2 heterocycles. The molecule has 1 saturated heterocycles. The fourth-order valence-electron chi connectivity index (χ4n) is 2.82. The summed E-state index contributed by atoms with van der Waals surface area (Å²) in [4.78, 5) is 22.4. The Balaban J connectivity index is 1.83. The van der Waals surface area contributed by atoms with Crippen LogP contribution in [0.4, 0.5) is 0 Å². The summed E-state index contributed by atoms with van der Waals surface area (Å²) in [5.74, 6) is 0.366. The van der Waals surface area contributed by atoms with Crippen LogP contribution in [-0.2, 0) is 9.84 Å². The Hall–Kier alpha value is -2.48. The summed E-state index contributed by atoms with van der Waals surface area (Å²) >= 11 is 0. The molecule has 1 aliphatic rings. The third-order valence-electron chi connectivity index (χ3n) is 4.25. The molecule has 1 fully saturated rings. The fourth-order valence-corrected chi connectivity index (χ4v) is 4.02. The number of aromatic nitrogens is 2. The van der Waals surface area contributed by atoms with Crippen LogP contribution in [0.15, 0.2) is 30.6 Å². The smallest absolute Gasteiger partial charge is 0.253 e. The zero-order valence-electron chi connectivity index (χ0n) is 14.1. The Kier molecular flexibility index (Phi) is 4.71. The monoisotopic (exact) mass is 361 g/mol. The van der Waals surface area contributed by atoms with Gasteiger partial charge in [-0.15, -0.1) is 0 Å². The molecule has 0 aliphatic carbocycles. The van der Waals surface area contributed by atoms with Crippen molar-refractivity contribution >= 4 is 15.7 Å². The molecule has 1 amide bonds. The normalized spacial score (nSPS) is 16.5. The quantitative estimate of drug-likeness (QED) is 0.819. The number of hydrogen-bond acceptors (Lipinski definition) is 6. The first-order valence-electron chi connectivity index (χ1n) is 7.87. The highest BCUT2D eigenvalue weighted by molar-refractivity contribution is 7.91. The van der Waals surface area contributed by atoms with E-state index in [9.17, 15) is 13.2 Å². The van der Waals surface area contributed by atoms with Crippen LogP contribution in [0.5, 0.6) is 5.88 Å². The van der Waals surface area contributed by atoms with Crippen LogP contribution in [0, 0.1) is 6.92 Å². The number of nitrogens with zero attached hydrogens (tertiary/aromatic N) is 3. The van der Waals surface area contributed by atoms with Gasteiger partial charge in [0.25, 0.3) is 5.91 Å². The summed E-state index contributed by atoms with van der Waals surface area (Å²) in [5.41, 5.74) is 2.95. The number of benzene rings is 1. The van der Waals surface area contributed by atoms with Crippen molar-refractivity contribution < 1.29 is 17.9 Å². The van der Waals surface area contributed by atoms with E-state index >= 15 is 0 Å². The zero-order chi connectivity index (χ0) is 18.0. The summed E-state index contributed by atoms with van der Waals surface area (Å²) in [7, 11) is -1.46. The van der Waals surface area contributed by atoms with E-state index in [4.69, 9.17) is 4.74 Å². The molecule has 0 atom stereocenters. The number of methoxy groups -OCH3 is 1. The Labute approximate surface area is 146 Å². The number of rotatable bonds is 3. The van der Waals surface area contributed by atoms with Gasteiger partial charge < -0.3 is 9.64 Å². The second-order valence-corrected chi connectivity index (χ2v) is 8.17. The van der Waals surface area contributed by atoms with Crippen molar-refractivity contribution in [3.63, 3.8) is 0 Å². The minimum Gasteiger partial charge on any atom is -0.480 e. The molecular weight excluding hydrogens is 342 g/mol. The topological polar surface area (TPSA) is 89.5 Å². The lowest BCUT2D eigenvalue weighted by Crippen LogP contribution is -2.43. The number of ether oxygens (including phenoxy) is 1. The molecular formula is C17H19N3O4S. The lowest BCUT2D eigenvalue weighted by atomic mass is 10.0. The van der Waals surface area contributed by atoms with Gasteiger partial charge in [-0.25, -0.2) is 18.4 Å². The van der Waals surface area contributed by atoms with Crippen LogP contribution in [0.3, 0.4) is 0 Å². The maximum atomic E-state index is 12.5. The molecule has 0 unspecified atom stereocenters. The Morgan fingerprint density at radius 3 is 2.36 bits per heavy atom. The zero-order valence-corrected chi connectivity index (χ0v) is 14.9. The van der Waals surface area contributed by atoms with Crippen molar-refractivity contribution in [1.82, 2.24) is 14.9 Å². The number of aryl methyl sites for hydroxylation is 1. The Morgan fingerprint density at radius 2 is 1.76 bits per heavy atom. The van der Waals surface area contributed by atoms with Gasteiger partial charge in [-0.3, -0.25) is 4.79 Å². The molecule has 1 aromatic carbocycles. The van der Waals surface area contributed by atoms with E-state index in [1.165, 1.54) is 6.33 Å². The van der Waals surface area contributed by atoms with E-state index < -0.39 is 9.84 Å². The molecule has 8 heteroatoms. The van der Waals surface area contributed by atoms with Gasteiger partial charge in [-0.2, -0.15) is 0 Å². The molecule has 25 heavy (non-hydrogen) atoms. The van der Waals surface area contributed by atoms with Gasteiger partial charge >= 0.3 is 0 Å². The maximum absolute atomic E-state index is 12.5. The van der Waals surface area contributed by atoms with E-state index in [1.54, 1.807) is 24.1 Å². The predicted molar refractivity (Wildman–Crippen MR) is 93.3 cm³/mol. The van der Waals surface area contributed by atoms with Gasteiger partial charge in [0.1, 0.15) is 6.33 Å². The van der Waals surface area contributed by atoms with Gasteiger partial charge in [0.05, 0.1) is 29.9 Å². The van der Waals surface area contributed by atoms with Gasteiger partial charge in [-0.05, 0) is 24.6 Å². The second kappa shape index (κ2) is 6.79. The van der Waals surface area contributed by atoms with Gasteiger partial charge in [0, 0.05) is 18.7 Å². The van der Waals surface area contributed by atoms with Crippen LogP contribution in [0.2, 0.25) is 0 Å². The van der Waals surface area contributed by atoms with Crippen molar-refractivity contribution in [2.75, 3.05) is 31.7 Å². The highest BCUT2D eigenvalue weighted by atomic mass is 32.2. The number of sulfone groups is 1. The van der Waals surface area contributed by atoms with E-state index in [0.29, 0.717) is 11.4 Å². The largest absolute Gasteiger partial charge is 0.480 e. The van der Waals surface area contributed by atoms with Crippen LogP contribution < -0.4 is 4.74 Å². The lowest BCUT2D eigenvalue weighted by Gasteiger charge is -2.26. The molecule has 0 bridgehead atoms. The van der Waals surface area contributed by atoms with Gasteiger partial charge in [-0.1, -0.05) is 12.1 Å².